The molecule has 1 unspecified atom stereocenters. The average molecular weight is 407 g/mol. The van der Waals surface area contributed by atoms with Crippen LogP contribution in [0.5, 0.6) is 0 Å². The Morgan fingerprint density at radius 1 is 1.25 bits per heavy atom. The fraction of sp³-hybridized carbons (Fsp3) is 0.474. The number of nitrogens with zero attached hydrogens (tertiary/aromatic N) is 1. The lowest BCUT2D eigenvalue weighted by Gasteiger charge is -2.12. The van der Waals surface area contributed by atoms with E-state index in [4.69, 9.17) is 9.26 Å². The SMILES string of the molecule is CC(C)(C)c1cc(NC(=O)c2ccc(S(=O)(=O)NCC3CCCO3)cc2)no1. The van der Waals surface area contributed by atoms with Crippen molar-refractivity contribution in [3.63, 3.8) is 0 Å². The highest BCUT2D eigenvalue weighted by Crippen LogP contribution is 2.24. The number of hydrogen-bond acceptors (Lipinski definition) is 6. The number of carbonyl (C=O) groups is 1. The molecule has 8 nitrogen and oxygen atoms in total. The maximum atomic E-state index is 12.4. The molecule has 2 aromatic rings. The molecule has 0 spiro atoms. The molecule has 1 amide bonds. The normalized spacial score (nSPS) is 17.6. The predicted molar refractivity (Wildman–Crippen MR) is 104 cm³/mol. The summed E-state index contributed by atoms with van der Waals surface area (Å²) in [4.78, 5) is 12.5. The minimum atomic E-state index is -3.65. The second kappa shape index (κ2) is 8.02. The van der Waals surface area contributed by atoms with Gasteiger partial charge in [0.2, 0.25) is 10.0 Å². The van der Waals surface area contributed by atoms with Crippen LogP contribution >= 0.6 is 0 Å². The summed E-state index contributed by atoms with van der Waals surface area (Å²) in [6, 6.07) is 7.39. The van der Waals surface area contributed by atoms with Crippen LogP contribution in [0.1, 0.15) is 49.7 Å². The first kappa shape index (κ1) is 20.5. The Morgan fingerprint density at radius 3 is 2.54 bits per heavy atom. The molecule has 9 heteroatoms. The number of ether oxygens (including phenoxy) is 1. The van der Waals surface area contributed by atoms with Gasteiger partial charge in [-0.15, -0.1) is 0 Å². The number of carbonyl (C=O) groups excluding carboxylic acids is 1. The van der Waals surface area contributed by atoms with Crippen LogP contribution < -0.4 is 10.0 Å². The minimum absolute atomic E-state index is 0.0831. The Hall–Kier alpha value is -2.23. The van der Waals surface area contributed by atoms with Crippen molar-refractivity contribution < 1.29 is 22.5 Å². The molecule has 1 aliphatic rings. The van der Waals surface area contributed by atoms with Crippen molar-refractivity contribution in [2.24, 2.45) is 0 Å². The topological polar surface area (TPSA) is 111 Å². The maximum absolute atomic E-state index is 12.4. The molecule has 0 bridgehead atoms. The number of amides is 1. The summed E-state index contributed by atoms with van der Waals surface area (Å²) in [6.07, 6.45) is 1.71. The number of hydrogen-bond donors (Lipinski definition) is 2. The fourth-order valence-corrected chi connectivity index (χ4v) is 3.82. The van der Waals surface area contributed by atoms with Gasteiger partial charge >= 0.3 is 0 Å². The van der Waals surface area contributed by atoms with Crippen molar-refractivity contribution in [3.8, 4) is 0 Å². The van der Waals surface area contributed by atoms with Crippen LogP contribution in [0.4, 0.5) is 5.82 Å². The summed E-state index contributed by atoms with van der Waals surface area (Å²) in [5.74, 6) is 0.566. The van der Waals surface area contributed by atoms with Crippen LogP contribution in [-0.4, -0.2) is 38.7 Å². The highest BCUT2D eigenvalue weighted by Gasteiger charge is 2.22. The van der Waals surface area contributed by atoms with Crippen molar-refractivity contribution in [1.29, 1.82) is 0 Å². The van der Waals surface area contributed by atoms with E-state index in [1.165, 1.54) is 24.3 Å². The molecule has 2 heterocycles. The molecule has 1 aromatic carbocycles. The van der Waals surface area contributed by atoms with E-state index in [1.807, 2.05) is 20.8 Å². The van der Waals surface area contributed by atoms with Crippen molar-refractivity contribution in [1.82, 2.24) is 9.88 Å². The van der Waals surface area contributed by atoms with Crippen LogP contribution in [0.2, 0.25) is 0 Å². The van der Waals surface area contributed by atoms with Gasteiger partial charge in [0.1, 0.15) is 5.76 Å². The van der Waals surface area contributed by atoms with Gasteiger partial charge < -0.3 is 14.6 Å². The Balaban J connectivity index is 1.62. The van der Waals surface area contributed by atoms with Gasteiger partial charge in [0, 0.05) is 30.2 Å². The van der Waals surface area contributed by atoms with Crippen LogP contribution in [0.15, 0.2) is 39.8 Å². The van der Waals surface area contributed by atoms with Gasteiger partial charge in [0.15, 0.2) is 5.82 Å². The van der Waals surface area contributed by atoms with Gasteiger partial charge in [0.05, 0.1) is 11.0 Å². The number of rotatable bonds is 6. The van der Waals surface area contributed by atoms with E-state index >= 15 is 0 Å². The molecule has 0 radical (unpaired) electrons. The smallest absolute Gasteiger partial charge is 0.256 e. The highest BCUT2D eigenvalue weighted by molar-refractivity contribution is 7.89. The predicted octanol–water partition coefficient (Wildman–Crippen LogP) is 2.68. The second-order valence-electron chi connectivity index (χ2n) is 7.79. The van der Waals surface area contributed by atoms with E-state index in [1.54, 1.807) is 6.07 Å². The van der Waals surface area contributed by atoms with Crippen molar-refractivity contribution in [2.75, 3.05) is 18.5 Å². The largest absolute Gasteiger partial charge is 0.377 e. The standard InChI is InChI=1S/C19H25N3O5S/c1-19(2,3)16-11-17(22-27-16)21-18(23)13-6-8-15(9-7-13)28(24,25)20-12-14-5-4-10-26-14/h6-9,11,14,20H,4-5,10,12H2,1-3H3,(H,21,22,23). The van der Waals surface area contributed by atoms with Crippen LogP contribution in [0, 0.1) is 0 Å². The van der Waals surface area contributed by atoms with Crippen LogP contribution in [-0.2, 0) is 20.2 Å². The Morgan fingerprint density at radius 2 is 1.96 bits per heavy atom. The Labute approximate surface area is 164 Å². The zero-order valence-electron chi connectivity index (χ0n) is 16.2. The highest BCUT2D eigenvalue weighted by atomic mass is 32.2. The van der Waals surface area contributed by atoms with Gasteiger partial charge in [-0.3, -0.25) is 4.79 Å². The lowest BCUT2D eigenvalue weighted by Crippen LogP contribution is -2.31. The fourth-order valence-electron chi connectivity index (χ4n) is 2.75. The van der Waals surface area contributed by atoms with Crippen LogP contribution in [0.25, 0.3) is 0 Å². The molecule has 1 aromatic heterocycles. The summed E-state index contributed by atoms with van der Waals surface area (Å²) in [7, 11) is -3.65. The third kappa shape index (κ3) is 4.98. The van der Waals surface area contributed by atoms with Crippen molar-refractivity contribution >= 4 is 21.7 Å². The molecule has 1 saturated heterocycles. The van der Waals surface area contributed by atoms with Crippen molar-refractivity contribution in [3.05, 3.63) is 41.7 Å². The third-order valence-corrected chi connectivity index (χ3v) is 5.88. The van der Waals surface area contributed by atoms with E-state index in [0.29, 0.717) is 23.7 Å². The Bertz CT molecular complexity index is 923. The number of benzene rings is 1. The molecule has 0 saturated carbocycles. The van der Waals surface area contributed by atoms with E-state index in [0.717, 1.165) is 12.8 Å². The first-order chi connectivity index (χ1) is 13.1. The molecule has 0 aliphatic carbocycles. The van der Waals surface area contributed by atoms with E-state index in [2.05, 4.69) is 15.2 Å². The monoisotopic (exact) mass is 407 g/mol. The molecule has 1 atom stereocenters. The summed E-state index contributed by atoms with van der Waals surface area (Å²) in [5, 5.41) is 6.49. The molecule has 2 N–H and O–H groups in total. The summed E-state index contributed by atoms with van der Waals surface area (Å²) < 4.78 is 37.9. The number of sulfonamides is 1. The second-order valence-corrected chi connectivity index (χ2v) is 9.56. The van der Waals surface area contributed by atoms with Crippen LogP contribution in [0.3, 0.4) is 0 Å². The molecule has 28 heavy (non-hydrogen) atoms. The molecular formula is C19H25N3O5S. The lowest BCUT2D eigenvalue weighted by atomic mass is 9.93. The van der Waals surface area contributed by atoms with Gasteiger partial charge in [0.25, 0.3) is 5.91 Å². The van der Waals surface area contributed by atoms with E-state index in [9.17, 15) is 13.2 Å². The first-order valence-electron chi connectivity index (χ1n) is 9.15. The van der Waals surface area contributed by atoms with Gasteiger partial charge in [-0.05, 0) is 37.1 Å². The molecular weight excluding hydrogens is 382 g/mol. The van der Waals surface area contributed by atoms with Gasteiger partial charge in [-0.25, -0.2) is 13.1 Å². The summed E-state index contributed by atoms with van der Waals surface area (Å²) >= 11 is 0. The first-order valence-corrected chi connectivity index (χ1v) is 10.6. The maximum Gasteiger partial charge on any atom is 0.256 e. The molecule has 1 fully saturated rings. The number of aromatic nitrogens is 1. The molecule has 3 rings (SSSR count). The Kier molecular flexibility index (Phi) is 5.87. The van der Waals surface area contributed by atoms with Crippen molar-refractivity contribution in [2.45, 2.75) is 50.0 Å². The van der Waals surface area contributed by atoms with Gasteiger partial charge in [-0.2, -0.15) is 0 Å². The zero-order chi connectivity index (χ0) is 20.4. The molecule has 1 aliphatic heterocycles. The minimum Gasteiger partial charge on any atom is -0.377 e. The summed E-state index contributed by atoms with van der Waals surface area (Å²) in [6.45, 7) is 6.84. The number of nitrogens with one attached hydrogen (secondary N) is 2. The van der Waals surface area contributed by atoms with Gasteiger partial charge in [-0.1, -0.05) is 25.9 Å². The molecule has 152 valence electrons. The lowest BCUT2D eigenvalue weighted by molar-refractivity contribution is 0.102. The zero-order valence-corrected chi connectivity index (χ0v) is 17.0. The van der Waals surface area contributed by atoms with E-state index < -0.39 is 15.9 Å². The average Bonchev–Trinajstić information content (AvgIpc) is 3.31. The van der Waals surface area contributed by atoms with E-state index in [-0.39, 0.29) is 23.0 Å². The number of anilines is 1. The summed E-state index contributed by atoms with van der Waals surface area (Å²) in [5.41, 5.74) is 0.0982. The third-order valence-electron chi connectivity index (χ3n) is 4.44. The quantitative estimate of drug-likeness (QED) is 0.762.